The van der Waals surface area contributed by atoms with E-state index in [2.05, 4.69) is 25.9 Å². The molecule has 2 rings (SSSR count). The second-order valence-electron chi connectivity index (χ2n) is 4.25. The third-order valence-electron chi connectivity index (χ3n) is 2.56. The molecule has 0 aliphatic rings. The number of aromatic amines is 1. The summed E-state index contributed by atoms with van der Waals surface area (Å²) in [5.41, 5.74) is 1.27. The Morgan fingerprint density at radius 2 is 2.00 bits per heavy atom. The first-order valence-corrected chi connectivity index (χ1v) is 6.72. The summed E-state index contributed by atoms with van der Waals surface area (Å²) in [4.78, 5) is 19.1. The van der Waals surface area contributed by atoms with Crippen molar-refractivity contribution in [3.63, 3.8) is 0 Å². The highest BCUT2D eigenvalue weighted by Gasteiger charge is 2.14. The van der Waals surface area contributed by atoms with Crippen molar-refractivity contribution in [3.05, 3.63) is 49.8 Å². The van der Waals surface area contributed by atoms with Crippen molar-refractivity contribution in [2.75, 3.05) is 0 Å². The van der Waals surface area contributed by atoms with E-state index >= 15 is 0 Å². The predicted molar refractivity (Wildman–Crippen MR) is 77.1 cm³/mol. The minimum Gasteiger partial charge on any atom is -0.305 e. The van der Waals surface area contributed by atoms with E-state index in [1.165, 1.54) is 0 Å². The van der Waals surface area contributed by atoms with Crippen molar-refractivity contribution in [1.82, 2.24) is 9.97 Å². The SMILES string of the molecule is CC(C)c1nc(-c2ccccc2Cl)[nH]c(=O)c1Br. The Bertz CT molecular complexity index is 637. The number of H-pyrrole nitrogens is 1. The van der Waals surface area contributed by atoms with Crippen LogP contribution in [0.4, 0.5) is 0 Å². The molecule has 1 N–H and O–H groups in total. The van der Waals surface area contributed by atoms with Gasteiger partial charge in [0.2, 0.25) is 0 Å². The third kappa shape index (κ3) is 2.49. The summed E-state index contributed by atoms with van der Waals surface area (Å²) in [6.07, 6.45) is 0. The summed E-state index contributed by atoms with van der Waals surface area (Å²) in [6.45, 7) is 3.98. The lowest BCUT2D eigenvalue weighted by atomic mass is 10.1. The largest absolute Gasteiger partial charge is 0.305 e. The molecule has 0 spiro atoms. The quantitative estimate of drug-likeness (QED) is 0.907. The molecule has 2 aromatic rings. The molecule has 0 aliphatic carbocycles. The molecule has 0 aliphatic heterocycles. The molecule has 1 aromatic carbocycles. The van der Waals surface area contributed by atoms with E-state index in [4.69, 9.17) is 11.6 Å². The maximum absolute atomic E-state index is 11.9. The molecule has 94 valence electrons. The average molecular weight is 328 g/mol. The lowest BCUT2D eigenvalue weighted by Gasteiger charge is -2.10. The summed E-state index contributed by atoms with van der Waals surface area (Å²) in [5.74, 6) is 0.653. The highest BCUT2D eigenvalue weighted by molar-refractivity contribution is 9.10. The number of rotatable bonds is 2. The fourth-order valence-corrected chi connectivity index (χ4v) is 2.51. The molecule has 1 aromatic heterocycles. The summed E-state index contributed by atoms with van der Waals surface area (Å²) in [7, 11) is 0. The van der Waals surface area contributed by atoms with Gasteiger partial charge in [-0.1, -0.05) is 37.6 Å². The number of halogens is 2. The second kappa shape index (κ2) is 5.24. The Kier molecular flexibility index (Phi) is 3.88. The van der Waals surface area contributed by atoms with E-state index in [1.807, 2.05) is 32.0 Å². The molecular formula is C13H12BrClN2O. The highest BCUT2D eigenvalue weighted by Crippen LogP contribution is 2.26. The number of nitrogens with one attached hydrogen (secondary N) is 1. The zero-order valence-corrected chi connectivity index (χ0v) is 12.3. The van der Waals surface area contributed by atoms with Crippen LogP contribution in [0.2, 0.25) is 5.02 Å². The summed E-state index contributed by atoms with van der Waals surface area (Å²) in [6, 6.07) is 7.30. The van der Waals surface area contributed by atoms with Gasteiger partial charge in [-0.05, 0) is 34.0 Å². The lowest BCUT2D eigenvalue weighted by molar-refractivity contribution is 0.803. The number of hydrogen-bond donors (Lipinski definition) is 1. The van der Waals surface area contributed by atoms with Gasteiger partial charge in [-0.15, -0.1) is 0 Å². The first-order chi connectivity index (χ1) is 8.50. The topological polar surface area (TPSA) is 45.8 Å². The molecule has 18 heavy (non-hydrogen) atoms. The van der Waals surface area contributed by atoms with Crippen LogP contribution < -0.4 is 5.56 Å². The van der Waals surface area contributed by atoms with E-state index in [0.29, 0.717) is 15.3 Å². The zero-order valence-electron chi connectivity index (χ0n) is 10.00. The monoisotopic (exact) mass is 326 g/mol. The molecule has 0 atom stereocenters. The van der Waals surface area contributed by atoms with Gasteiger partial charge in [0.25, 0.3) is 5.56 Å². The van der Waals surface area contributed by atoms with Gasteiger partial charge in [0, 0.05) is 5.56 Å². The Labute approximate surface area is 118 Å². The smallest absolute Gasteiger partial charge is 0.265 e. The maximum Gasteiger partial charge on any atom is 0.265 e. The molecular weight excluding hydrogens is 316 g/mol. The lowest BCUT2D eigenvalue weighted by Crippen LogP contribution is -2.14. The van der Waals surface area contributed by atoms with Crippen molar-refractivity contribution < 1.29 is 0 Å². The van der Waals surface area contributed by atoms with E-state index in [1.54, 1.807) is 6.07 Å². The van der Waals surface area contributed by atoms with Crippen LogP contribution >= 0.6 is 27.5 Å². The van der Waals surface area contributed by atoms with E-state index in [9.17, 15) is 4.79 Å². The summed E-state index contributed by atoms with van der Waals surface area (Å²) in [5, 5.41) is 0.567. The molecule has 0 radical (unpaired) electrons. The van der Waals surface area contributed by atoms with Gasteiger partial charge in [0.15, 0.2) is 0 Å². The van der Waals surface area contributed by atoms with Crippen molar-refractivity contribution in [3.8, 4) is 11.4 Å². The Morgan fingerprint density at radius 1 is 1.33 bits per heavy atom. The molecule has 0 fully saturated rings. The van der Waals surface area contributed by atoms with Crippen LogP contribution in [0.5, 0.6) is 0 Å². The second-order valence-corrected chi connectivity index (χ2v) is 5.45. The third-order valence-corrected chi connectivity index (χ3v) is 3.66. The predicted octanol–water partition coefficient (Wildman–Crippen LogP) is 3.98. The number of hydrogen-bond acceptors (Lipinski definition) is 2. The summed E-state index contributed by atoms with van der Waals surface area (Å²) < 4.78 is 0.480. The fourth-order valence-electron chi connectivity index (χ4n) is 1.64. The van der Waals surface area contributed by atoms with Crippen LogP contribution in [0.25, 0.3) is 11.4 Å². The molecule has 3 nitrogen and oxygen atoms in total. The van der Waals surface area contributed by atoms with Crippen LogP contribution in [0, 0.1) is 0 Å². The van der Waals surface area contributed by atoms with Gasteiger partial charge in [-0.3, -0.25) is 4.79 Å². The molecule has 0 bridgehead atoms. The first kappa shape index (κ1) is 13.3. The van der Waals surface area contributed by atoms with Crippen molar-refractivity contribution in [1.29, 1.82) is 0 Å². The van der Waals surface area contributed by atoms with Gasteiger partial charge >= 0.3 is 0 Å². The minimum absolute atomic E-state index is 0.155. The number of benzene rings is 1. The highest BCUT2D eigenvalue weighted by atomic mass is 79.9. The Morgan fingerprint density at radius 3 is 2.61 bits per heavy atom. The van der Waals surface area contributed by atoms with Crippen molar-refractivity contribution >= 4 is 27.5 Å². The van der Waals surface area contributed by atoms with E-state index in [0.717, 1.165) is 11.3 Å². The van der Waals surface area contributed by atoms with Gasteiger partial charge in [0.1, 0.15) is 10.3 Å². The molecule has 5 heteroatoms. The van der Waals surface area contributed by atoms with Crippen molar-refractivity contribution in [2.45, 2.75) is 19.8 Å². The minimum atomic E-state index is -0.191. The Hall–Kier alpha value is -1.13. The van der Waals surface area contributed by atoms with Crippen molar-refractivity contribution in [2.24, 2.45) is 0 Å². The first-order valence-electron chi connectivity index (χ1n) is 5.55. The van der Waals surface area contributed by atoms with Gasteiger partial charge < -0.3 is 4.98 Å². The van der Waals surface area contributed by atoms with Gasteiger partial charge in [0.05, 0.1) is 10.7 Å². The average Bonchev–Trinajstić information content (AvgIpc) is 2.33. The van der Waals surface area contributed by atoms with Crippen LogP contribution in [0.1, 0.15) is 25.5 Å². The van der Waals surface area contributed by atoms with E-state index < -0.39 is 0 Å². The van der Waals surface area contributed by atoms with Crippen LogP contribution in [-0.2, 0) is 0 Å². The molecule has 0 saturated heterocycles. The standard InChI is InChI=1S/C13H12BrClN2O/c1-7(2)11-10(14)13(18)17-12(16-11)8-5-3-4-6-9(8)15/h3-7H,1-2H3,(H,16,17,18). The molecule has 0 amide bonds. The van der Waals surface area contributed by atoms with Crippen LogP contribution in [0.15, 0.2) is 33.5 Å². The normalized spacial score (nSPS) is 10.9. The summed E-state index contributed by atoms with van der Waals surface area (Å²) >= 11 is 9.38. The molecule has 0 unspecified atom stereocenters. The maximum atomic E-state index is 11.9. The van der Waals surface area contributed by atoms with Crippen LogP contribution in [-0.4, -0.2) is 9.97 Å². The van der Waals surface area contributed by atoms with Gasteiger partial charge in [-0.25, -0.2) is 4.98 Å². The van der Waals surface area contributed by atoms with Crippen LogP contribution in [0.3, 0.4) is 0 Å². The zero-order chi connectivity index (χ0) is 13.3. The number of aromatic nitrogens is 2. The Balaban J connectivity index is 2.67. The molecule has 0 saturated carbocycles. The molecule has 1 heterocycles. The van der Waals surface area contributed by atoms with E-state index in [-0.39, 0.29) is 11.5 Å². The fraction of sp³-hybridized carbons (Fsp3) is 0.231. The number of nitrogens with zero attached hydrogens (tertiary/aromatic N) is 1. The van der Waals surface area contributed by atoms with Gasteiger partial charge in [-0.2, -0.15) is 0 Å².